The van der Waals surface area contributed by atoms with Gasteiger partial charge >= 0.3 is 0 Å². The summed E-state index contributed by atoms with van der Waals surface area (Å²) in [6.07, 6.45) is -2.44. The number of nitrogens with zero attached hydrogens (tertiary/aromatic N) is 3. The van der Waals surface area contributed by atoms with Gasteiger partial charge in [-0.25, -0.2) is 13.2 Å². The number of likely N-dealkylation sites (tertiary alicyclic amines) is 1. The first-order valence-electron chi connectivity index (χ1n) is 7.65. The minimum Gasteiger partial charge on any atom is -0.420 e. The predicted octanol–water partition coefficient (Wildman–Crippen LogP) is 2.73. The molecule has 0 spiro atoms. The summed E-state index contributed by atoms with van der Waals surface area (Å²) in [5.41, 5.74) is -0.0457. The van der Waals surface area contributed by atoms with E-state index in [1.54, 1.807) is 18.2 Å². The van der Waals surface area contributed by atoms with Crippen LogP contribution in [0.4, 0.5) is 13.2 Å². The van der Waals surface area contributed by atoms with Crippen molar-refractivity contribution in [3.05, 3.63) is 36.0 Å². The molecular weight excluding hydrogens is 323 g/mol. The Morgan fingerprint density at radius 2 is 2.04 bits per heavy atom. The molecule has 2 aromatic rings. The first kappa shape index (κ1) is 16.9. The van der Waals surface area contributed by atoms with Crippen LogP contribution in [-0.4, -0.2) is 54.4 Å². The van der Waals surface area contributed by atoms with Crippen molar-refractivity contribution in [2.24, 2.45) is 0 Å². The van der Waals surface area contributed by atoms with Crippen molar-refractivity contribution < 1.29 is 22.3 Å². The number of benzene rings is 1. The Balaban J connectivity index is 1.56. The van der Waals surface area contributed by atoms with Crippen molar-refractivity contribution in [2.45, 2.75) is 18.8 Å². The number of hydrogen-bond acceptors (Lipinski definition) is 5. The van der Waals surface area contributed by atoms with Crippen LogP contribution in [0.2, 0.25) is 0 Å². The van der Waals surface area contributed by atoms with Gasteiger partial charge in [-0.2, -0.15) is 0 Å². The van der Waals surface area contributed by atoms with Crippen LogP contribution in [0.3, 0.4) is 0 Å². The highest BCUT2D eigenvalue weighted by Gasteiger charge is 2.44. The van der Waals surface area contributed by atoms with E-state index in [1.807, 2.05) is 6.92 Å². The van der Waals surface area contributed by atoms with Crippen LogP contribution in [0.1, 0.15) is 12.8 Å². The van der Waals surface area contributed by atoms with Crippen LogP contribution in [0.15, 0.2) is 28.7 Å². The molecule has 0 radical (unpaired) electrons. The van der Waals surface area contributed by atoms with E-state index in [2.05, 4.69) is 15.1 Å². The highest BCUT2D eigenvalue weighted by atomic mass is 19.3. The van der Waals surface area contributed by atoms with E-state index in [-0.39, 0.29) is 23.5 Å². The number of ether oxygens (including phenoxy) is 1. The molecule has 3 rings (SSSR count). The van der Waals surface area contributed by atoms with E-state index in [0.29, 0.717) is 25.5 Å². The minimum absolute atomic E-state index is 0.156. The molecule has 8 heteroatoms. The predicted molar refractivity (Wildman–Crippen MR) is 80.3 cm³/mol. The summed E-state index contributed by atoms with van der Waals surface area (Å²) in [6.45, 7) is 3.57. The first-order valence-corrected chi connectivity index (χ1v) is 7.65. The van der Waals surface area contributed by atoms with Crippen LogP contribution in [0, 0.1) is 5.82 Å². The van der Waals surface area contributed by atoms with Gasteiger partial charge in [-0.15, -0.1) is 10.2 Å². The maximum atomic E-state index is 13.8. The van der Waals surface area contributed by atoms with Crippen LogP contribution >= 0.6 is 0 Å². The summed E-state index contributed by atoms with van der Waals surface area (Å²) >= 11 is 0. The van der Waals surface area contributed by atoms with Gasteiger partial charge in [0.25, 0.3) is 12.3 Å². The molecule has 5 nitrogen and oxygen atoms in total. The molecule has 1 saturated heterocycles. The fourth-order valence-electron chi connectivity index (χ4n) is 2.81. The van der Waals surface area contributed by atoms with E-state index < -0.39 is 18.8 Å². The Morgan fingerprint density at radius 1 is 1.29 bits per heavy atom. The summed E-state index contributed by atoms with van der Waals surface area (Å²) in [6, 6.07) is 6.22. The topological polar surface area (TPSA) is 51.4 Å². The fourth-order valence-corrected chi connectivity index (χ4v) is 2.81. The summed E-state index contributed by atoms with van der Waals surface area (Å²) in [4.78, 5) is 2.05. The van der Waals surface area contributed by atoms with Gasteiger partial charge < -0.3 is 9.15 Å². The molecule has 2 heterocycles. The van der Waals surface area contributed by atoms with Gasteiger partial charge in [0.15, 0.2) is 0 Å². The third-order valence-electron chi connectivity index (χ3n) is 3.99. The molecule has 0 saturated carbocycles. The van der Waals surface area contributed by atoms with Crippen molar-refractivity contribution in [3.8, 4) is 11.5 Å². The lowest BCUT2D eigenvalue weighted by Crippen LogP contribution is -2.58. The highest BCUT2D eigenvalue weighted by Crippen LogP contribution is 2.34. The largest absolute Gasteiger partial charge is 0.420 e. The third kappa shape index (κ3) is 3.59. The SMILES string of the molecule is CC1(c2nnc(-c3ccccc3F)o2)CN(CCOCC(F)F)C1. The van der Waals surface area contributed by atoms with Crippen LogP contribution in [-0.2, 0) is 10.2 Å². The normalized spacial score (nSPS) is 17.2. The van der Waals surface area contributed by atoms with Crippen molar-refractivity contribution in [1.29, 1.82) is 0 Å². The molecular formula is C16H18F3N3O2. The molecule has 1 aliphatic rings. The monoisotopic (exact) mass is 341 g/mol. The zero-order chi connectivity index (χ0) is 17.2. The molecule has 0 unspecified atom stereocenters. The third-order valence-corrected chi connectivity index (χ3v) is 3.99. The van der Waals surface area contributed by atoms with E-state index in [4.69, 9.17) is 9.15 Å². The number of aromatic nitrogens is 2. The second kappa shape index (κ2) is 6.90. The second-order valence-electron chi connectivity index (χ2n) is 6.13. The Labute approximate surface area is 137 Å². The zero-order valence-corrected chi connectivity index (χ0v) is 13.2. The Kier molecular flexibility index (Phi) is 4.86. The smallest absolute Gasteiger partial charge is 0.261 e. The number of alkyl halides is 2. The van der Waals surface area contributed by atoms with Crippen molar-refractivity contribution >= 4 is 0 Å². The number of hydrogen-bond donors (Lipinski definition) is 0. The van der Waals surface area contributed by atoms with Gasteiger partial charge in [0.1, 0.15) is 12.4 Å². The van der Waals surface area contributed by atoms with Gasteiger partial charge in [-0.3, -0.25) is 4.90 Å². The Hall–Kier alpha value is -1.93. The lowest BCUT2D eigenvalue weighted by molar-refractivity contribution is -0.0119. The van der Waals surface area contributed by atoms with E-state index in [1.165, 1.54) is 6.07 Å². The van der Waals surface area contributed by atoms with Crippen molar-refractivity contribution in [1.82, 2.24) is 15.1 Å². The maximum absolute atomic E-state index is 13.8. The van der Waals surface area contributed by atoms with E-state index >= 15 is 0 Å². The molecule has 130 valence electrons. The first-order chi connectivity index (χ1) is 11.5. The second-order valence-corrected chi connectivity index (χ2v) is 6.13. The highest BCUT2D eigenvalue weighted by molar-refractivity contribution is 5.53. The maximum Gasteiger partial charge on any atom is 0.261 e. The van der Waals surface area contributed by atoms with Crippen molar-refractivity contribution in [2.75, 3.05) is 32.8 Å². The Morgan fingerprint density at radius 3 is 2.75 bits per heavy atom. The summed E-state index contributed by atoms with van der Waals surface area (Å²) in [5, 5.41) is 7.97. The number of halogens is 3. The van der Waals surface area contributed by atoms with Crippen LogP contribution < -0.4 is 0 Å². The molecule has 0 amide bonds. The van der Waals surface area contributed by atoms with Crippen LogP contribution in [0.5, 0.6) is 0 Å². The van der Waals surface area contributed by atoms with Gasteiger partial charge in [-0.1, -0.05) is 12.1 Å². The molecule has 0 bridgehead atoms. The number of rotatable bonds is 7. The van der Waals surface area contributed by atoms with E-state index in [9.17, 15) is 13.2 Å². The molecule has 0 aliphatic carbocycles. The molecule has 1 aromatic carbocycles. The molecule has 1 aliphatic heterocycles. The average molecular weight is 341 g/mol. The zero-order valence-electron chi connectivity index (χ0n) is 13.2. The molecule has 0 N–H and O–H groups in total. The van der Waals surface area contributed by atoms with Gasteiger partial charge in [-0.05, 0) is 19.1 Å². The van der Waals surface area contributed by atoms with E-state index in [0.717, 1.165) is 0 Å². The summed E-state index contributed by atoms with van der Waals surface area (Å²) < 4.78 is 48.2. The Bertz CT molecular complexity index is 687. The van der Waals surface area contributed by atoms with Crippen molar-refractivity contribution in [3.63, 3.8) is 0 Å². The summed E-state index contributed by atoms with van der Waals surface area (Å²) in [5.74, 6) is 0.192. The summed E-state index contributed by atoms with van der Waals surface area (Å²) in [7, 11) is 0. The molecule has 24 heavy (non-hydrogen) atoms. The lowest BCUT2D eigenvalue weighted by atomic mass is 9.82. The quantitative estimate of drug-likeness (QED) is 0.725. The molecule has 1 aromatic heterocycles. The standard InChI is InChI=1S/C16H18F3N3O2/c1-16(9-22(10-16)6-7-23-8-13(18)19)15-21-20-14(24-15)11-4-2-3-5-12(11)17/h2-5,13H,6-10H2,1H3. The minimum atomic E-state index is -2.44. The molecule has 0 atom stereocenters. The fraction of sp³-hybridized carbons (Fsp3) is 0.500. The van der Waals surface area contributed by atoms with Gasteiger partial charge in [0.05, 0.1) is 17.6 Å². The van der Waals surface area contributed by atoms with Gasteiger partial charge in [0.2, 0.25) is 5.89 Å². The molecule has 1 fully saturated rings. The lowest BCUT2D eigenvalue weighted by Gasteiger charge is -2.45. The van der Waals surface area contributed by atoms with Crippen LogP contribution in [0.25, 0.3) is 11.5 Å². The van der Waals surface area contributed by atoms with Gasteiger partial charge in [0, 0.05) is 19.6 Å². The average Bonchev–Trinajstić information content (AvgIpc) is 2.99.